The Bertz CT molecular complexity index is 1260. The standard InChI is InChI=1S/C32H32N2O4/c1-2-37-29-22-27(18-19-28(29)38-23-26-16-10-5-11-17-26)32(33-30(35)20-24-12-6-3-7-13-24)34-31(36)21-25-14-8-4-9-15-25/h3-19,22,32H,2,20-21,23H2,1H3,(H,33,35)(H,34,36). The van der Waals surface area contributed by atoms with E-state index in [-0.39, 0.29) is 24.7 Å². The first-order chi connectivity index (χ1) is 18.6. The number of nitrogens with one attached hydrogen (secondary N) is 2. The lowest BCUT2D eigenvalue weighted by Gasteiger charge is -2.22. The van der Waals surface area contributed by atoms with E-state index in [2.05, 4.69) is 10.6 Å². The summed E-state index contributed by atoms with van der Waals surface area (Å²) in [4.78, 5) is 25.9. The van der Waals surface area contributed by atoms with E-state index in [1.54, 1.807) is 6.07 Å². The summed E-state index contributed by atoms with van der Waals surface area (Å²) in [5, 5.41) is 5.96. The lowest BCUT2D eigenvalue weighted by molar-refractivity contribution is -0.123. The first-order valence-electron chi connectivity index (χ1n) is 12.7. The first kappa shape index (κ1) is 26.5. The van der Waals surface area contributed by atoms with Gasteiger partial charge in [-0.1, -0.05) is 97.1 Å². The van der Waals surface area contributed by atoms with Crippen LogP contribution in [-0.2, 0) is 29.0 Å². The molecular formula is C32H32N2O4. The first-order valence-corrected chi connectivity index (χ1v) is 12.7. The molecule has 6 nitrogen and oxygen atoms in total. The van der Waals surface area contributed by atoms with Crippen molar-refractivity contribution in [3.8, 4) is 11.5 Å². The largest absolute Gasteiger partial charge is 0.490 e. The summed E-state index contributed by atoms with van der Waals surface area (Å²) in [6.45, 7) is 2.73. The Labute approximate surface area is 223 Å². The molecule has 0 fully saturated rings. The molecule has 38 heavy (non-hydrogen) atoms. The van der Waals surface area contributed by atoms with Crippen molar-refractivity contribution in [2.24, 2.45) is 0 Å². The third-order valence-corrected chi connectivity index (χ3v) is 5.86. The highest BCUT2D eigenvalue weighted by atomic mass is 16.5. The van der Waals surface area contributed by atoms with Gasteiger partial charge in [0.15, 0.2) is 11.5 Å². The van der Waals surface area contributed by atoms with Gasteiger partial charge in [-0.05, 0) is 41.3 Å². The van der Waals surface area contributed by atoms with Crippen LogP contribution in [0.5, 0.6) is 11.5 Å². The second kappa shape index (κ2) is 13.7. The van der Waals surface area contributed by atoms with Gasteiger partial charge in [0, 0.05) is 0 Å². The molecule has 0 radical (unpaired) electrons. The molecule has 0 bridgehead atoms. The molecule has 0 heterocycles. The van der Waals surface area contributed by atoms with Gasteiger partial charge in [-0.25, -0.2) is 0 Å². The van der Waals surface area contributed by atoms with Crippen molar-refractivity contribution in [3.63, 3.8) is 0 Å². The summed E-state index contributed by atoms with van der Waals surface area (Å²) >= 11 is 0. The maximum atomic E-state index is 13.0. The Morgan fingerprint density at radius 1 is 0.632 bits per heavy atom. The fraction of sp³-hybridized carbons (Fsp3) is 0.188. The molecule has 2 N–H and O–H groups in total. The number of amides is 2. The van der Waals surface area contributed by atoms with Crippen LogP contribution in [0.15, 0.2) is 109 Å². The van der Waals surface area contributed by atoms with Gasteiger partial charge in [0.2, 0.25) is 11.8 Å². The number of hydrogen-bond donors (Lipinski definition) is 2. The van der Waals surface area contributed by atoms with Gasteiger partial charge >= 0.3 is 0 Å². The van der Waals surface area contributed by atoms with Crippen LogP contribution in [0.25, 0.3) is 0 Å². The maximum absolute atomic E-state index is 13.0. The van der Waals surface area contributed by atoms with Crippen LogP contribution in [0.1, 0.15) is 35.3 Å². The number of ether oxygens (including phenoxy) is 2. The zero-order chi connectivity index (χ0) is 26.6. The molecule has 0 saturated heterocycles. The highest BCUT2D eigenvalue weighted by Gasteiger charge is 2.20. The Kier molecular flexibility index (Phi) is 9.51. The zero-order valence-electron chi connectivity index (χ0n) is 21.4. The van der Waals surface area contributed by atoms with E-state index in [1.165, 1.54) is 0 Å². The number of carbonyl (C=O) groups is 2. The summed E-state index contributed by atoms with van der Waals surface area (Å²) in [6, 6.07) is 34.3. The molecular weight excluding hydrogens is 476 g/mol. The zero-order valence-corrected chi connectivity index (χ0v) is 21.4. The van der Waals surface area contributed by atoms with E-state index in [4.69, 9.17) is 9.47 Å². The maximum Gasteiger partial charge on any atom is 0.226 e. The van der Waals surface area contributed by atoms with Crippen molar-refractivity contribution in [2.45, 2.75) is 32.5 Å². The second-order valence-corrected chi connectivity index (χ2v) is 8.81. The fourth-order valence-corrected chi connectivity index (χ4v) is 4.02. The van der Waals surface area contributed by atoms with Crippen molar-refractivity contribution >= 4 is 11.8 Å². The number of hydrogen-bond acceptors (Lipinski definition) is 4. The molecule has 0 spiro atoms. The summed E-state index contributed by atoms with van der Waals surface area (Å²) < 4.78 is 11.9. The van der Waals surface area contributed by atoms with E-state index in [1.807, 2.05) is 110 Å². The average molecular weight is 509 g/mol. The molecule has 0 aromatic heterocycles. The lowest BCUT2D eigenvalue weighted by atomic mass is 10.1. The van der Waals surface area contributed by atoms with E-state index in [0.717, 1.165) is 16.7 Å². The van der Waals surface area contributed by atoms with Crippen molar-refractivity contribution in [2.75, 3.05) is 6.61 Å². The van der Waals surface area contributed by atoms with Crippen LogP contribution in [0.4, 0.5) is 0 Å². The highest BCUT2D eigenvalue weighted by molar-refractivity contribution is 5.82. The minimum atomic E-state index is -0.746. The van der Waals surface area contributed by atoms with Crippen LogP contribution in [0, 0.1) is 0 Å². The third kappa shape index (κ3) is 7.96. The van der Waals surface area contributed by atoms with Crippen LogP contribution in [0.3, 0.4) is 0 Å². The molecule has 0 atom stereocenters. The van der Waals surface area contributed by atoms with Gasteiger partial charge in [0.05, 0.1) is 19.4 Å². The summed E-state index contributed by atoms with van der Waals surface area (Å²) in [7, 11) is 0. The monoisotopic (exact) mass is 508 g/mol. The van der Waals surface area contributed by atoms with Crippen molar-refractivity contribution < 1.29 is 19.1 Å². The Balaban J connectivity index is 1.54. The van der Waals surface area contributed by atoms with Crippen molar-refractivity contribution in [1.29, 1.82) is 0 Å². The minimum absolute atomic E-state index is 0.197. The third-order valence-electron chi connectivity index (χ3n) is 5.86. The summed E-state index contributed by atoms with van der Waals surface area (Å²) in [5.74, 6) is 0.720. The van der Waals surface area contributed by atoms with Gasteiger partial charge in [0.25, 0.3) is 0 Å². The molecule has 0 unspecified atom stereocenters. The number of rotatable bonds is 12. The molecule has 4 aromatic rings. The van der Waals surface area contributed by atoms with Gasteiger partial charge in [-0.2, -0.15) is 0 Å². The molecule has 194 valence electrons. The van der Waals surface area contributed by atoms with E-state index in [0.29, 0.717) is 30.3 Å². The van der Waals surface area contributed by atoms with Crippen LogP contribution >= 0.6 is 0 Å². The fourth-order valence-electron chi connectivity index (χ4n) is 4.02. The quantitative estimate of drug-likeness (QED) is 0.252. The molecule has 4 rings (SSSR count). The van der Waals surface area contributed by atoms with Gasteiger partial charge in [-0.15, -0.1) is 0 Å². The Hall–Kier alpha value is -4.58. The lowest BCUT2D eigenvalue weighted by Crippen LogP contribution is -2.42. The van der Waals surface area contributed by atoms with Gasteiger partial charge < -0.3 is 20.1 Å². The predicted octanol–water partition coefficient (Wildman–Crippen LogP) is 5.38. The summed E-state index contributed by atoms with van der Waals surface area (Å²) in [5.41, 5.74) is 3.50. The van der Waals surface area contributed by atoms with Gasteiger partial charge in [-0.3, -0.25) is 9.59 Å². The smallest absolute Gasteiger partial charge is 0.226 e. The molecule has 0 aliphatic carbocycles. The van der Waals surface area contributed by atoms with Crippen LogP contribution in [0.2, 0.25) is 0 Å². The summed E-state index contributed by atoms with van der Waals surface area (Å²) in [6.07, 6.45) is -0.352. The Morgan fingerprint density at radius 2 is 1.13 bits per heavy atom. The van der Waals surface area contributed by atoms with Crippen molar-refractivity contribution in [1.82, 2.24) is 10.6 Å². The topological polar surface area (TPSA) is 76.7 Å². The van der Waals surface area contributed by atoms with Crippen LogP contribution in [-0.4, -0.2) is 18.4 Å². The normalized spacial score (nSPS) is 10.6. The highest BCUT2D eigenvalue weighted by Crippen LogP contribution is 2.31. The molecule has 6 heteroatoms. The van der Waals surface area contributed by atoms with Gasteiger partial charge in [0.1, 0.15) is 12.8 Å². The molecule has 4 aromatic carbocycles. The van der Waals surface area contributed by atoms with Crippen LogP contribution < -0.4 is 20.1 Å². The molecule has 0 saturated carbocycles. The number of benzene rings is 4. The minimum Gasteiger partial charge on any atom is -0.490 e. The van der Waals surface area contributed by atoms with Crippen molar-refractivity contribution in [3.05, 3.63) is 131 Å². The van der Waals surface area contributed by atoms with E-state index < -0.39 is 6.17 Å². The number of carbonyl (C=O) groups excluding carboxylic acids is 2. The Morgan fingerprint density at radius 3 is 1.63 bits per heavy atom. The molecule has 0 aliphatic rings. The predicted molar refractivity (Wildman–Crippen MR) is 148 cm³/mol. The second-order valence-electron chi connectivity index (χ2n) is 8.81. The van der Waals surface area contributed by atoms with E-state index >= 15 is 0 Å². The SMILES string of the molecule is CCOc1cc(C(NC(=O)Cc2ccccc2)NC(=O)Cc2ccccc2)ccc1OCc1ccccc1. The average Bonchev–Trinajstić information content (AvgIpc) is 2.94. The molecule has 0 aliphatic heterocycles. The van der Waals surface area contributed by atoms with E-state index in [9.17, 15) is 9.59 Å². The molecule has 2 amide bonds.